The fraction of sp³-hybridized carbons (Fsp3) is 0.688. The molecule has 0 amide bonds. The van der Waals surface area contributed by atoms with E-state index in [0.717, 1.165) is 50.3 Å². The Labute approximate surface area is 135 Å². The number of hydrogen-bond donors (Lipinski definition) is 2. The van der Waals surface area contributed by atoms with Crippen LogP contribution in [0.5, 0.6) is 0 Å². The van der Waals surface area contributed by atoms with Crippen LogP contribution in [0.1, 0.15) is 54.6 Å². The molecule has 7 nitrogen and oxygen atoms in total. The number of likely N-dealkylation sites (tertiary alicyclic amines) is 1. The van der Waals surface area contributed by atoms with Crippen LogP contribution in [0.25, 0.3) is 0 Å². The number of aromatic amines is 1. The Bertz CT molecular complexity index is 678. The first-order valence-electron chi connectivity index (χ1n) is 8.37. The Hall–Kier alpha value is -1.73. The summed E-state index contributed by atoms with van der Waals surface area (Å²) in [5, 5.41) is 22.0. The van der Waals surface area contributed by atoms with Crippen LogP contribution < -0.4 is 0 Å². The lowest BCUT2D eigenvalue weighted by atomic mass is 9.89. The van der Waals surface area contributed by atoms with Crippen molar-refractivity contribution >= 4 is 0 Å². The Morgan fingerprint density at radius 2 is 2.35 bits per heavy atom. The maximum Gasteiger partial charge on any atom is 0.229 e. The highest BCUT2D eigenvalue weighted by Crippen LogP contribution is 2.38. The van der Waals surface area contributed by atoms with Crippen LogP contribution in [0.4, 0.5) is 0 Å². The lowest BCUT2D eigenvalue weighted by molar-refractivity contribution is -0.0374. The van der Waals surface area contributed by atoms with Gasteiger partial charge in [-0.3, -0.25) is 10.00 Å². The molecule has 4 rings (SSSR count). The van der Waals surface area contributed by atoms with Gasteiger partial charge in [-0.05, 0) is 39.2 Å². The lowest BCUT2D eigenvalue weighted by Gasteiger charge is -2.38. The Morgan fingerprint density at radius 3 is 3.09 bits per heavy atom. The van der Waals surface area contributed by atoms with E-state index < -0.39 is 5.60 Å². The number of nitrogens with zero attached hydrogens (tertiary/aromatic N) is 4. The van der Waals surface area contributed by atoms with Crippen molar-refractivity contribution in [3.63, 3.8) is 0 Å². The smallest absolute Gasteiger partial charge is 0.229 e. The summed E-state index contributed by atoms with van der Waals surface area (Å²) in [4.78, 5) is 6.73. The molecule has 3 heterocycles. The second-order valence-electron chi connectivity index (χ2n) is 7.06. The number of aromatic nitrogens is 4. The van der Waals surface area contributed by atoms with Gasteiger partial charge in [0.2, 0.25) is 5.89 Å². The Kier molecular flexibility index (Phi) is 3.69. The molecular weight excluding hydrogens is 294 g/mol. The molecule has 2 aliphatic rings. The zero-order valence-corrected chi connectivity index (χ0v) is 13.5. The molecule has 0 radical (unpaired) electrons. The summed E-state index contributed by atoms with van der Waals surface area (Å²) >= 11 is 0. The number of hydrogen-bond acceptors (Lipinski definition) is 6. The topological polar surface area (TPSA) is 91.1 Å². The van der Waals surface area contributed by atoms with Gasteiger partial charge in [-0.1, -0.05) is 5.16 Å². The van der Waals surface area contributed by atoms with Crippen molar-refractivity contribution in [1.29, 1.82) is 0 Å². The van der Waals surface area contributed by atoms with Gasteiger partial charge in [0, 0.05) is 30.3 Å². The Morgan fingerprint density at radius 1 is 1.48 bits per heavy atom. The van der Waals surface area contributed by atoms with Crippen molar-refractivity contribution in [2.24, 2.45) is 0 Å². The molecule has 0 aromatic carbocycles. The number of rotatable bonds is 5. The van der Waals surface area contributed by atoms with Gasteiger partial charge in [-0.25, -0.2) is 0 Å². The van der Waals surface area contributed by atoms with Crippen LogP contribution in [-0.2, 0) is 13.0 Å². The highest BCUT2D eigenvalue weighted by molar-refractivity contribution is 5.14. The summed E-state index contributed by atoms with van der Waals surface area (Å²) in [6.45, 7) is 4.45. The van der Waals surface area contributed by atoms with E-state index in [-0.39, 0.29) is 0 Å². The number of β-amino-alcohol motifs (C(OH)–C–C–N with tert-alkyl or cyclic N) is 1. The number of H-pyrrole nitrogens is 1. The highest BCUT2D eigenvalue weighted by atomic mass is 16.5. The third-order valence-electron chi connectivity index (χ3n) is 4.87. The lowest BCUT2D eigenvalue weighted by Crippen LogP contribution is -2.49. The first-order chi connectivity index (χ1) is 11.1. The molecule has 1 unspecified atom stereocenters. The van der Waals surface area contributed by atoms with Gasteiger partial charge in [0.05, 0.1) is 18.2 Å². The van der Waals surface area contributed by atoms with Crippen molar-refractivity contribution < 1.29 is 9.63 Å². The highest BCUT2D eigenvalue weighted by Gasteiger charge is 2.36. The van der Waals surface area contributed by atoms with E-state index in [1.807, 2.05) is 13.1 Å². The van der Waals surface area contributed by atoms with Crippen LogP contribution in [0.15, 0.2) is 10.7 Å². The summed E-state index contributed by atoms with van der Waals surface area (Å²) in [6.07, 6.45) is 6.35. The normalized spacial score (nSPS) is 25.8. The maximum atomic E-state index is 11.0. The molecule has 1 aliphatic heterocycles. The van der Waals surface area contributed by atoms with Crippen LogP contribution >= 0.6 is 0 Å². The van der Waals surface area contributed by atoms with Crippen molar-refractivity contribution in [3.8, 4) is 0 Å². The van der Waals surface area contributed by atoms with E-state index in [1.165, 1.54) is 5.56 Å². The summed E-state index contributed by atoms with van der Waals surface area (Å²) in [5.74, 6) is 1.86. The second-order valence-corrected chi connectivity index (χ2v) is 7.06. The maximum absolute atomic E-state index is 11.0. The summed E-state index contributed by atoms with van der Waals surface area (Å²) in [7, 11) is 0. The Balaban J connectivity index is 1.41. The molecule has 124 valence electrons. The van der Waals surface area contributed by atoms with Crippen molar-refractivity contribution in [1.82, 2.24) is 25.2 Å². The molecule has 1 saturated heterocycles. The largest absolute Gasteiger partial charge is 0.388 e. The van der Waals surface area contributed by atoms with Gasteiger partial charge < -0.3 is 9.63 Å². The predicted molar refractivity (Wildman–Crippen MR) is 82.8 cm³/mol. The van der Waals surface area contributed by atoms with Gasteiger partial charge in [-0.2, -0.15) is 10.1 Å². The molecule has 0 bridgehead atoms. The van der Waals surface area contributed by atoms with E-state index >= 15 is 0 Å². The summed E-state index contributed by atoms with van der Waals surface area (Å²) in [5.41, 5.74) is 1.48. The average Bonchev–Trinajstić information content (AvgIpc) is 3.14. The van der Waals surface area contributed by atoms with E-state index in [0.29, 0.717) is 24.8 Å². The van der Waals surface area contributed by atoms with Gasteiger partial charge in [0.15, 0.2) is 5.82 Å². The first-order valence-corrected chi connectivity index (χ1v) is 8.37. The number of piperidine rings is 1. The van der Waals surface area contributed by atoms with E-state index in [9.17, 15) is 5.11 Å². The van der Waals surface area contributed by atoms with Crippen molar-refractivity contribution in [2.75, 3.05) is 13.1 Å². The van der Waals surface area contributed by atoms with Gasteiger partial charge in [-0.15, -0.1) is 0 Å². The SMILES string of the molecule is Cc1[nH]ncc1CN1CCCC(O)(Cc2nc(C3CC3)no2)C1. The third kappa shape index (κ3) is 3.30. The average molecular weight is 317 g/mol. The van der Waals surface area contributed by atoms with Crippen LogP contribution in [0.2, 0.25) is 0 Å². The molecule has 2 aromatic rings. The molecule has 2 fully saturated rings. The fourth-order valence-corrected chi connectivity index (χ4v) is 3.39. The number of aliphatic hydroxyl groups is 1. The molecule has 23 heavy (non-hydrogen) atoms. The van der Waals surface area contributed by atoms with E-state index in [4.69, 9.17) is 4.52 Å². The summed E-state index contributed by atoms with van der Waals surface area (Å²) in [6, 6.07) is 0. The molecular formula is C16H23N5O2. The van der Waals surface area contributed by atoms with Crippen LogP contribution in [0.3, 0.4) is 0 Å². The first kappa shape index (κ1) is 14.8. The minimum atomic E-state index is -0.788. The quantitative estimate of drug-likeness (QED) is 0.869. The van der Waals surface area contributed by atoms with Gasteiger partial charge in [0.1, 0.15) is 0 Å². The number of aryl methyl sites for hydroxylation is 1. The second kappa shape index (κ2) is 5.72. The monoisotopic (exact) mass is 317 g/mol. The van der Waals surface area contributed by atoms with Crippen LogP contribution in [0, 0.1) is 6.92 Å². The standard InChI is InChI=1S/C16H23N5O2/c1-11-13(8-17-19-11)9-21-6-2-5-16(22,10-21)7-14-18-15(20-23-14)12-3-4-12/h8,12,22H,2-7,9-10H2,1H3,(H,17,19). The predicted octanol–water partition coefficient (Wildman–Crippen LogP) is 1.55. The molecule has 2 N–H and O–H groups in total. The van der Waals surface area contributed by atoms with Gasteiger partial charge >= 0.3 is 0 Å². The minimum Gasteiger partial charge on any atom is -0.388 e. The molecule has 7 heteroatoms. The van der Waals surface area contributed by atoms with E-state index in [1.54, 1.807) is 0 Å². The summed E-state index contributed by atoms with van der Waals surface area (Å²) < 4.78 is 5.34. The van der Waals surface area contributed by atoms with Crippen LogP contribution in [-0.4, -0.2) is 49.0 Å². The zero-order chi connectivity index (χ0) is 15.9. The fourth-order valence-electron chi connectivity index (χ4n) is 3.39. The molecule has 1 atom stereocenters. The molecule has 2 aromatic heterocycles. The minimum absolute atomic E-state index is 0.438. The molecule has 0 spiro atoms. The zero-order valence-electron chi connectivity index (χ0n) is 13.5. The number of nitrogens with one attached hydrogen (secondary N) is 1. The van der Waals surface area contributed by atoms with Gasteiger partial charge in [0.25, 0.3) is 0 Å². The molecule has 1 aliphatic carbocycles. The van der Waals surface area contributed by atoms with E-state index in [2.05, 4.69) is 25.2 Å². The van der Waals surface area contributed by atoms with Crippen molar-refractivity contribution in [3.05, 3.63) is 29.2 Å². The molecule has 1 saturated carbocycles. The third-order valence-corrected chi connectivity index (χ3v) is 4.87. The van der Waals surface area contributed by atoms with Crippen molar-refractivity contribution in [2.45, 2.75) is 57.1 Å².